The van der Waals surface area contributed by atoms with Crippen molar-refractivity contribution in [3.8, 4) is 0 Å². The van der Waals surface area contributed by atoms with Crippen LogP contribution in [0, 0.1) is 11.3 Å². The Morgan fingerprint density at radius 2 is 1.84 bits per heavy atom. The van der Waals surface area contributed by atoms with Crippen LogP contribution in [0.2, 0.25) is 10.0 Å². The highest BCUT2D eigenvalue weighted by Crippen LogP contribution is 2.32. The van der Waals surface area contributed by atoms with Gasteiger partial charge in [-0.3, -0.25) is 0 Å². The molecule has 0 saturated carbocycles. The number of rotatable bonds is 2. The van der Waals surface area contributed by atoms with E-state index in [0.29, 0.717) is 21.9 Å². The lowest BCUT2D eigenvalue weighted by molar-refractivity contribution is 0.236. The second-order valence-corrected chi connectivity index (χ2v) is 6.92. The molecule has 0 aliphatic carbocycles. The van der Waals surface area contributed by atoms with E-state index in [0.717, 1.165) is 17.6 Å². The van der Waals surface area contributed by atoms with Crippen molar-refractivity contribution in [1.82, 2.24) is 9.55 Å². The average molecular weight is 300 g/mol. The first kappa shape index (κ1) is 14.5. The maximum absolute atomic E-state index is 6.08. The fourth-order valence-electron chi connectivity index (χ4n) is 1.88. The van der Waals surface area contributed by atoms with Gasteiger partial charge in [0.1, 0.15) is 0 Å². The number of hydrogen-bond acceptors (Lipinski definition) is 2. The Kier molecular flexibility index (Phi) is 3.72. The van der Waals surface area contributed by atoms with Gasteiger partial charge in [0.05, 0.1) is 21.1 Å². The van der Waals surface area contributed by atoms with E-state index in [-0.39, 0.29) is 5.41 Å². The van der Waals surface area contributed by atoms with Crippen molar-refractivity contribution in [2.24, 2.45) is 11.3 Å². The van der Waals surface area contributed by atoms with Gasteiger partial charge in [-0.2, -0.15) is 0 Å². The van der Waals surface area contributed by atoms with E-state index >= 15 is 0 Å². The predicted molar refractivity (Wildman–Crippen MR) is 82.8 cm³/mol. The van der Waals surface area contributed by atoms with Crippen molar-refractivity contribution in [2.75, 3.05) is 5.73 Å². The van der Waals surface area contributed by atoms with Crippen LogP contribution in [-0.2, 0) is 6.54 Å². The standard InChI is InChI=1S/C14H19Cl2N3/c1-8(14(2,3)4)7-19-12-6-10(16)9(15)5-11(12)18-13(19)17/h5-6,8H,7H2,1-4H3,(H2,17,18). The molecule has 1 aromatic heterocycles. The summed E-state index contributed by atoms with van der Waals surface area (Å²) >= 11 is 12.1. The zero-order valence-electron chi connectivity index (χ0n) is 11.7. The lowest BCUT2D eigenvalue weighted by Gasteiger charge is -2.28. The second-order valence-electron chi connectivity index (χ2n) is 6.10. The van der Waals surface area contributed by atoms with Gasteiger partial charge >= 0.3 is 0 Å². The number of hydrogen-bond donors (Lipinski definition) is 1. The minimum atomic E-state index is 0.208. The molecule has 0 aliphatic heterocycles. The van der Waals surface area contributed by atoms with Gasteiger partial charge in [-0.05, 0) is 23.5 Å². The molecular weight excluding hydrogens is 281 g/mol. The smallest absolute Gasteiger partial charge is 0.201 e. The molecule has 2 N–H and O–H groups in total. The molecule has 0 bridgehead atoms. The summed E-state index contributed by atoms with van der Waals surface area (Å²) in [6.45, 7) is 9.68. The highest BCUT2D eigenvalue weighted by atomic mass is 35.5. The van der Waals surface area contributed by atoms with Crippen LogP contribution in [0.5, 0.6) is 0 Å². The summed E-state index contributed by atoms with van der Waals surface area (Å²) in [5.74, 6) is 0.964. The second kappa shape index (κ2) is 4.88. The molecular formula is C14H19Cl2N3. The molecule has 0 fully saturated rings. The SMILES string of the molecule is CC(Cn1c(N)nc2cc(Cl)c(Cl)cc21)C(C)(C)C. The number of fused-ring (bicyclic) bond motifs is 1. The third-order valence-corrected chi connectivity index (χ3v) is 4.48. The van der Waals surface area contributed by atoms with Crippen molar-refractivity contribution >= 4 is 40.2 Å². The summed E-state index contributed by atoms with van der Waals surface area (Å²) in [5, 5.41) is 1.03. The van der Waals surface area contributed by atoms with E-state index < -0.39 is 0 Å². The van der Waals surface area contributed by atoms with Gasteiger partial charge in [0.25, 0.3) is 0 Å². The van der Waals surface area contributed by atoms with E-state index in [1.165, 1.54) is 0 Å². The minimum Gasteiger partial charge on any atom is -0.369 e. The summed E-state index contributed by atoms with van der Waals surface area (Å²) in [7, 11) is 0. The molecule has 3 nitrogen and oxygen atoms in total. The van der Waals surface area contributed by atoms with Gasteiger partial charge < -0.3 is 10.3 Å². The molecule has 1 heterocycles. The molecule has 2 rings (SSSR count). The predicted octanol–water partition coefficient (Wildman–Crippen LogP) is 4.61. The molecule has 1 aromatic carbocycles. The Balaban J connectivity index is 2.49. The number of aromatic nitrogens is 2. The number of nitrogen functional groups attached to an aromatic ring is 1. The molecule has 104 valence electrons. The van der Waals surface area contributed by atoms with E-state index in [2.05, 4.69) is 32.7 Å². The number of anilines is 1. The quantitative estimate of drug-likeness (QED) is 0.880. The summed E-state index contributed by atoms with van der Waals surface area (Å²) in [6.07, 6.45) is 0. The summed E-state index contributed by atoms with van der Waals surface area (Å²) in [5.41, 5.74) is 7.94. The lowest BCUT2D eigenvalue weighted by Crippen LogP contribution is -2.23. The van der Waals surface area contributed by atoms with Gasteiger partial charge in [-0.25, -0.2) is 4.98 Å². The Morgan fingerprint density at radius 3 is 2.42 bits per heavy atom. The molecule has 0 spiro atoms. The van der Waals surface area contributed by atoms with Crippen LogP contribution in [0.25, 0.3) is 11.0 Å². The van der Waals surface area contributed by atoms with E-state index in [1.54, 1.807) is 6.07 Å². The average Bonchev–Trinajstić information content (AvgIpc) is 2.55. The number of nitrogens with zero attached hydrogens (tertiary/aromatic N) is 2. The molecule has 2 aromatic rings. The lowest BCUT2D eigenvalue weighted by atomic mass is 9.82. The normalized spacial score (nSPS) is 14.0. The number of nitrogens with two attached hydrogens (primary N) is 1. The Hall–Kier alpha value is -0.930. The summed E-state index contributed by atoms with van der Waals surface area (Å²) in [4.78, 5) is 4.35. The minimum absolute atomic E-state index is 0.208. The van der Waals surface area contributed by atoms with Crippen LogP contribution in [0.3, 0.4) is 0 Å². The van der Waals surface area contributed by atoms with Crippen LogP contribution in [0.4, 0.5) is 5.95 Å². The monoisotopic (exact) mass is 299 g/mol. The highest BCUT2D eigenvalue weighted by Gasteiger charge is 2.22. The Bertz CT molecular complexity index is 611. The molecule has 1 unspecified atom stereocenters. The van der Waals surface area contributed by atoms with Crippen LogP contribution in [0.15, 0.2) is 12.1 Å². The third kappa shape index (κ3) is 2.82. The molecule has 0 radical (unpaired) electrons. The van der Waals surface area contributed by atoms with Crippen LogP contribution < -0.4 is 5.73 Å². The Labute approximate surface area is 123 Å². The fraction of sp³-hybridized carbons (Fsp3) is 0.500. The molecule has 0 aliphatic rings. The zero-order valence-corrected chi connectivity index (χ0v) is 13.2. The maximum atomic E-state index is 6.08. The van der Waals surface area contributed by atoms with Crippen molar-refractivity contribution in [2.45, 2.75) is 34.2 Å². The fourth-order valence-corrected chi connectivity index (χ4v) is 2.19. The summed E-state index contributed by atoms with van der Waals surface area (Å²) < 4.78 is 2.01. The molecule has 0 saturated heterocycles. The van der Waals surface area contributed by atoms with E-state index in [9.17, 15) is 0 Å². The van der Waals surface area contributed by atoms with Gasteiger partial charge in [-0.1, -0.05) is 50.9 Å². The number of halogens is 2. The zero-order chi connectivity index (χ0) is 14.4. The van der Waals surface area contributed by atoms with Crippen molar-refractivity contribution < 1.29 is 0 Å². The van der Waals surface area contributed by atoms with Crippen molar-refractivity contribution in [3.63, 3.8) is 0 Å². The summed E-state index contributed by atoms with van der Waals surface area (Å²) in [6, 6.07) is 3.59. The molecule has 19 heavy (non-hydrogen) atoms. The van der Waals surface area contributed by atoms with Gasteiger partial charge in [0.2, 0.25) is 5.95 Å². The first-order valence-corrected chi connectivity index (χ1v) is 7.06. The topological polar surface area (TPSA) is 43.8 Å². The van der Waals surface area contributed by atoms with Crippen molar-refractivity contribution in [1.29, 1.82) is 0 Å². The Morgan fingerprint density at radius 1 is 1.26 bits per heavy atom. The van der Waals surface area contributed by atoms with Crippen LogP contribution in [-0.4, -0.2) is 9.55 Å². The highest BCUT2D eigenvalue weighted by molar-refractivity contribution is 6.42. The first-order chi connectivity index (χ1) is 8.70. The van der Waals surface area contributed by atoms with Gasteiger partial charge in [0.15, 0.2) is 0 Å². The first-order valence-electron chi connectivity index (χ1n) is 6.31. The van der Waals surface area contributed by atoms with Crippen molar-refractivity contribution in [3.05, 3.63) is 22.2 Å². The van der Waals surface area contributed by atoms with Crippen LogP contribution in [0.1, 0.15) is 27.7 Å². The molecule has 1 atom stereocenters. The number of imidazole rings is 1. The van der Waals surface area contributed by atoms with E-state index in [4.69, 9.17) is 28.9 Å². The largest absolute Gasteiger partial charge is 0.369 e. The molecule has 0 amide bonds. The van der Waals surface area contributed by atoms with Crippen LogP contribution >= 0.6 is 23.2 Å². The van der Waals surface area contributed by atoms with E-state index in [1.807, 2.05) is 10.6 Å². The van der Waals surface area contributed by atoms with Gasteiger partial charge in [-0.15, -0.1) is 0 Å². The third-order valence-electron chi connectivity index (χ3n) is 3.75. The maximum Gasteiger partial charge on any atom is 0.201 e. The van der Waals surface area contributed by atoms with Gasteiger partial charge in [0, 0.05) is 6.54 Å². The molecule has 5 heteroatoms. The number of benzene rings is 1.